The number of hydrogen-bond donors (Lipinski definition) is 0. The van der Waals surface area contributed by atoms with E-state index in [-0.39, 0.29) is 5.78 Å². The molecule has 0 radical (unpaired) electrons. The van der Waals surface area contributed by atoms with E-state index in [0.717, 1.165) is 25.7 Å². The summed E-state index contributed by atoms with van der Waals surface area (Å²) in [6.45, 7) is 4.48. The van der Waals surface area contributed by atoms with E-state index in [4.69, 9.17) is 4.74 Å². The Morgan fingerprint density at radius 3 is 2.22 bits per heavy atom. The second-order valence-corrected chi connectivity index (χ2v) is 5.82. The lowest BCUT2D eigenvalue weighted by Crippen LogP contribution is -2.45. The largest absolute Gasteiger partial charge is 0.370 e. The van der Waals surface area contributed by atoms with Crippen LogP contribution in [0.15, 0.2) is 18.7 Å². The first-order valence-electron chi connectivity index (χ1n) is 6.34. The molecule has 0 aliphatic heterocycles. The van der Waals surface area contributed by atoms with E-state index in [0.29, 0.717) is 11.0 Å². The highest BCUT2D eigenvalue weighted by atomic mass is 16.5. The number of nitrogens with zero attached hydrogens (tertiary/aromatic N) is 2. The Balaban J connectivity index is 2.22. The van der Waals surface area contributed by atoms with Gasteiger partial charge in [0.25, 0.3) is 0 Å². The van der Waals surface area contributed by atoms with E-state index >= 15 is 0 Å². The summed E-state index contributed by atoms with van der Waals surface area (Å²) in [5.74, 6) is 0.0149. The van der Waals surface area contributed by atoms with Gasteiger partial charge in [-0.25, -0.2) is 9.97 Å². The minimum atomic E-state index is -0.680. The lowest BCUT2D eigenvalue weighted by Gasteiger charge is -2.41. The summed E-state index contributed by atoms with van der Waals surface area (Å²) in [6.07, 6.45) is 8.10. The number of ketones is 1. The molecule has 1 heterocycles. The summed E-state index contributed by atoms with van der Waals surface area (Å²) >= 11 is 0. The van der Waals surface area contributed by atoms with Crippen LogP contribution in [-0.2, 0) is 4.74 Å². The monoisotopic (exact) mass is 248 g/mol. The van der Waals surface area contributed by atoms with E-state index in [1.807, 2.05) is 0 Å². The van der Waals surface area contributed by atoms with Crippen LogP contribution in [0.25, 0.3) is 0 Å². The van der Waals surface area contributed by atoms with Gasteiger partial charge >= 0.3 is 0 Å². The van der Waals surface area contributed by atoms with E-state index in [1.165, 1.54) is 6.33 Å². The molecule has 18 heavy (non-hydrogen) atoms. The number of methoxy groups -OCH3 is 1. The van der Waals surface area contributed by atoms with Gasteiger partial charge in [0.2, 0.25) is 0 Å². The summed E-state index contributed by atoms with van der Waals surface area (Å²) in [4.78, 5) is 20.4. The van der Waals surface area contributed by atoms with Crippen LogP contribution in [0, 0.1) is 5.41 Å². The molecule has 0 unspecified atom stereocenters. The topological polar surface area (TPSA) is 52.1 Å². The van der Waals surface area contributed by atoms with Crippen molar-refractivity contribution in [2.24, 2.45) is 5.41 Å². The number of ether oxygens (including phenoxy) is 1. The van der Waals surface area contributed by atoms with E-state index in [1.54, 1.807) is 19.5 Å². The Morgan fingerprint density at radius 2 is 1.72 bits per heavy atom. The molecule has 4 heteroatoms. The molecular weight excluding hydrogens is 228 g/mol. The average molecular weight is 248 g/mol. The Bertz CT molecular complexity index is 419. The van der Waals surface area contributed by atoms with Gasteiger partial charge in [-0.2, -0.15) is 0 Å². The van der Waals surface area contributed by atoms with Crippen molar-refractivity contribution < 1.29 is 9.53 Å². The van der Waals surface area contributed by atoms with Gasteiger partial charge in [-0.05, 0) is 31.1 Å². The fraction of sp³-hybridized carbons (Fsp3) is 0.643. The quantitative estimate of drug-likeness (QED) is 0.772. The minimum absolute atomic E-state index is 0.0149. The first kappa shape index (κ1) is 13.1. The lowest BCUT2D eigenvalue weighted by atomic mass is 9.69. The van der Waals surface area contributed by atoms with Crippen LogP contribution >= 0.6 is 0 Å². The van der Waals surface area contributed by atoms with Crippen molar-refractivity contribution in [1.82, 2.24) is 9.97 Å². The first-order chi connectivity index (χ1) is 8.49. The van der Waals surface area contributed by atoms with E-state index in [9.17, 15) is 4.79 Å². The van der Waals surface area contributed by atoms with Crippen LogP contribution in [0.2, 0.25) is 0 Å². The van der Waals surface area contributed by atoms with Crippen molar-refractivity contribution in [1.29, 1.82) is 0 Å². The molecular formula is C14H20N2O2. The minimum Gasteiger partial charge on any atom is -0.370 e. The molecule has 1 aromatic heterocycles. The molecule has 1 fully saturated rings. The number of rotatable bonds is 3. The Labute approximate surface area is 108 Å². The molecule has 0 saturated heterocycles. The van der Waals surface area contributed by atoms with Crippen molar-refractivity contribution in [2.45, 2.75) is 45.1 Å². The average Bonchev–Trinajstić information content (AvgIpc) is 2.40. The van der Waals surface area contributed by atoms with Crippen LogP contribution < -0.4 is 0 Å². The molecule has 0 aromatic carbocycles. The first-order valence-corrected chi connectivity index (χ1v) is 6.34. The maximum atomic E-state index is 12.6. The van der Waals surface area contributed by atoms with Gasteiger partial charge in [0, 0.05) is 19.5 Å². The van der Waals surface area contributed by atoms with Crippen LogP contribution in [0.1, 0.15) is 49.9 Å². The molecule has 0 atom stereocenters. The van der Waals surface area contributed by atoms with Crippen molar-refractivity contribution in [3.63, 3.8) is 0 Å². The van der Waals surface area contributed by atoms with Gasteiger partial charge in [0.05, 0.1) is 5.56 Å². The van der Waals surface area contributed by atoms with Crippen molar-refractivity contribution in [3.8, 4) is 0 Å². The van der Waals surface area contributed by atoms with Crippen molar-refractivity contribution in [2.75, 3.05) is 7.11 Å². The maximum absolute atomic E-state index is 12.6. The Kier molecular flexibility index (Phi) is 3.48. The standard InChI is InChI=1S/C14H20N2O2/c1-13(2)4-6-14(18-3,7-5-13)12(17)11-8-15-10-16-9-11/h8-10H,4-7H2,1-3H3. The zero-order valence-corrected chi connectivity index (χ0v) is 11.3. The highest BCUT2D eigenvalue weighted by molar-refractivity contribution is 6.02. The third kappa shape index (κ3) is 2.43. The van der Waals surface area contributed by atoms with Crippen LogP contribution in [0.5, 0.6) is 0 Å². The number of carbonyl (C=O) groups excluding carboxylic acids is 1. The van der Waals surface area contributed by atoms with Crippen LogP contribution in [0.3, 0.4) is 0 Å². The molecule has 1 aromatic rings. The summed E-state index contributed by atoms with van der Waals surface area (Å²) in [6, 6.07) is 0. The molecule has 1 saturated carbocycles. The predicted molar refractivity (Wildman–Crippen MR) is 68.4 cm³/mol. The highest BCUT2D eigenvalue weighted by Gasteiger charge is 2.44. The van der Waals surface area contributed by atoms with Crippen LogP contribution in [-0.4, -0.2) is 28.5 Å². The second kappa shape index (κ2) is 4.76. The zero-order chi connectivity index (χ0) is 13.2. The zero-order valence-electron chi connectivity index (χ0n) is 11.3. The summed E-state index contributed by atoms with van der Waals surface area (Å²) < 4.78 is 5.58. The molecule has 0 amide bonds. The van der Waals surface area contributed by atoms with Gasteiger partial charge in [-0.15, -0.1) is 0 Å². The normalized spacial score (nSPS) is 21.5. The molecule has 2 rings (SSSR count). The Morgan fingerprint density at radius 1 is 1.17 bits per heavy atom. The van der Waals surface area contributed by atoms with Crippen molar-refractivity contribution in [3.05, 3.63) is 24.3 Å². The third-order valence-corrected chi connectivity index (χ3v) is 4.04. The Hall–Kier alpha value is -1.29. The smallest absolute Gasteiger partial charge is 0.197 e. The highest BCUT2D eigenvalue weighted by Crippen LogP contribution is 2.43. The summed E-state index contributed by atoms with van der Waals surface area (Å²) in [5, 5.41) is 0. The predicted octanol–water partition coefficient (Wildman–Crippen LogP) is 2.64. The molecule has 1 aliphatic carbocycles. The summed E-state index contributed by atoms with van der Waals surface area (Å²) in [7, 11) is 1.63. The number of carbonyl (C=O) groups is 1. The van der Waals surface area contributed by atoms with Gasteiger partial charge in [-0.3, -0.25) is 4.79 Å². The van der Waals surface area contributed by atoms with Crippen molar-refractivity contribution >= 4 is 5.78 Å². The molecule has 1 aliphatic rings. The molecule has 4 nitrogen and oxygen atoms in total. The van der Waals surface area contributed by atoms with Gasteiger partial charge in [0.15, 0.2) is 5.78 Å². The fourth-order valence-corrected chi connectivity index (χ4v) is 2.53. The van der Waals surface area contributed by atoms with E-state index < -0.39 is 5.60 Å². The fourth-order valence-electron chi connectivity index (χ4n) is 2.53. The second-order valence-electron chi connectivity index (χ2n) is 5.82. The SMILES string of the molecule is COC1(C(=O)c2cncnc2)CCC(C)(C)CC1. The maximum Gasteiger partial charge on any atom is 0.197 e. The number of hydrogen-bond acceptors (Lipinski definition) is 4. The molecule has 0 spiro atoms. The van der Waals surface area contributed by atoms with Gasteiger partial charge < -0.3 is 4.74 Å². The molecule has 98 valence electrons. The molecule has 0 N–H and O–H groups in total. The lowest BCUT2D eigenvalue weighted by molar-refractivity contribution is -0.0383. The number of aromatic nitrogens is 2. The third-order valence-electron chi connectivity index (χ3n) is 4.04. The van der Waals surface area contributed by atoms with E-state index in [2.05, 4.69) is 23.8 Å². The van der Waals surface area contributed by atoms with Crippen LogP contribution in [0.4, 0.5) is 0 Å². The summed E-state index contributed by atoms with van der Waals surface area (Å²) in [5.41, 5.74) is 0.162. The number of Topliss-reactive ketones (excluding diaryl/α,β-unsaturated/α-hetero) is 1. The molecule has 0 bridgehead atoms. The van der Waals surface area contributed by atoms with Gasteiger partial charge in [-0.1, -0.05) is 13.8 Å². The van der Waals surface area contributed by atoms with Gasteiger partial charge in [0.1, 0.15) is 11.9 Å².